The molecule has 3 aromatic rings. The van der Waals surface area contributed by atoms with E-state index in [-0.39, 0.29) is 5.91 Å². The average Bonchev–Trinajstić information content (AvgIpc) is 3.47. The van der Waals surface area contributed by atoms with Gasteiger partial charge in [0.2, 0.25) is 5.91 Å². The van der Waals surface area contributed by atoms with Crippen molar-refractivity contribution in [2.45, 2.75) is 36.1 Å². The molecule has 1 heterocycles. The van der Waals surface area contributed by atoms with Crippen molar-refractivity contribution in [2.24, 2.45) is 7.05 Å². The Balaban J connectivity index is 1.60. The van der Waals surface area contributed by atoms with Crippen molar-refractivity contribution < 1.29 is 4.79 Å². The van der Waals surface area contributed by atoms with Crippen molar-refractivity contribution in [3.63, 3.8) is 0 Å². The zero-order valence-corrected chi connectivity index (χ0v) is 17.3. The maximum Gasteiger partial charge on any atom is 0.242 e. The van der Waals surface area contributed by atoms with Crippen LogP contribution >= 0.6 is 23.4 Å². The summed E-state index contributed by atoms with van der Waals surface area (Å²) in [7, 11) is 1.97. The number of amides is 1. The smallest absolute Gasteiger partial charge is 0.242 e. The van der Waals surface area contributed by atoms with Crippen LogP contribution < -0.4 is 5.32 Å². The molecule has 1 aliphatic rings. The molecule has 0 spiro atoms. The van der Waals surface area contributed by atoms with Gasteiger partial charge in [0.25, 0.3) is 0 Å². The highest BCUT2D eigenvalue weighted by molar-refractivity contribution is 8.00. The van der Waals surface area contributed by atoms with Gasteiger partial charge in [-0.2, -0.15) is 0 Å². The second kappa shape index (κ2) is 7.97. The number of carbonyl (C=O) groups excluding carboxylic acids is 1. The van der Waals surface area contributed by atoms with Crippen molar-refractivity contribution in [2.75, 3.05) is 5.32 Å². The second-order valence-corrected chi connectivity index (χ2v) is 8.52. The summed E-state index contributed by atoms with van der Waals surface area (Å²) in [4.78, 5) is 13.1. The number of aryl methyl sites for hydroxylation is 1. The van der Waals surface area contributed by atoms with E-state index in [9.17, 15) is 4.79 Å². The predicted molar refractivity (Wildman–Crippen MR) is 113 cm³/mol. The molecule has 0 bridgehead atoms. The molecule has 1 fully saturated rings. The lowest BCUT2D eigenvalue weighted by Gasteiger charge is -2.17. The summed E-state index contributed by atoms with van der Waals surface area (Å²) in [5, 5.41) is 12.6. The minimum absolute atomic E-state index is 0.118. The number of aromatic nitrogens is 3. The van der Waals surface area contributed by atoms with Crippen LogP contribution in [-0.2, 0) is 11.8 Å². The lowest BCUT2D eigenvalue weighted by atomic mass is 10.1. The van der Waals surface area contributed by atoms with E-state index in [4.69, 9.17) is 11.6 Å². The van der Waals surface area contributed by atoms with Gasteiger partial charge >= 0.3 is 0 Å². The van der Waals surface area contributed by atoms with Gasteiger partial charge in [-0.1, -0.05) is 59.8 Å². The Morgan fingerprint density at radius 3 is 2.64 bits per heavy atom. The first kappa shape index (κ1) is 19.0. The number of thioether (sulfide) groups is 1. The Morgan fingerprint density at radius 1 is 1.21 bits per heavy atom. The minimum atomic E-state index is -0.448. The maximum absolute atomic E-state index is 13.1. The summed E-state index contributed by atoms with van der Waals surface area (Å²) in [6.45, 7) is 1.93. The van der Waals surface area contributed by atoms with Gasteiger partial charge in [0.15, 0.2) is 5.16 Å². The highest BCUT2D eigenvalue weighted by atomic mass is 35.5. The van der Waals surface area contributed by atoms with Crippen LogP contribution in [0.4, 0.5) is 5.69 Å². The Kier molecular flexibility index (Phi) is 5.42. The van der Waals surface area contributed by atoms with E-state index in [1.54, 1.807) is 6.07 Å². The lowest BCUT2D eigenvalue weighted by Crippen LogP contribution is -2.19. The number of carbonyl (C=O) groups is 1. The van der Waals surface area contributed by atoms with Gasteiger partial charge in [-0.25, -0.2) is 0 Å². The van der Waals surface area contributed by atoms with Crippen LogP contribution in [0.2, 0.25) is 5.02 Å². The highest BCUT2D eigenvalue weighted by Crippen LogP contribution is 2.41. The van der Waals surface area contributed by atoms with Crippen LogP contribution in [0, 0.1) is 6.92 Å². The topological polar surface area (TPSA) is 59.8 Å². The van der Waals surface area contributed by atoms with E-state index in [1.165, 1.54) is 11.8 Å². The molecular weight excluding hydrogens is 392 g/mol. The number of nitrogens with one attached hydrogen (secondary N) is 1. The lowest BCUT2D eigenvalue weighted by molar-refractivity contribution is -0.115. The maximum atomic E-state index is 13.1. The average molecular weight is 413 g/mol. The van der Waals surface area contributed by atoms with E-state index >= 15 is 0 Å². The standard InChI is InChI=1S/C21H21ClN4OS/c1-13-8-11-16(12-17(13)22)23-20(27)18(14-6-4-3-5-7-14)28-21-25-24-19(26(21)2)15-9-10-15/h3-8,11-12,15,18H,9-10H2,1-2H3,(H,23,27)/t18-/m1/s1. The zero-order chi connectivity index (χ0) is 19.7. The molecule has 1 aliphatic carbocycles. The number of anilines is 1. The molecule has 1 N–H and O–H groups in total. The van der Waals surface area contributed by atoms with Gasteiger partial charge in [0, 0.05) is 23.7 Å². The Hall–Kier alpha value is -2.31. The third kappa shape index (κ3) is 4.08. The van der Waals surface area contributed by atoms with Crippen LogP contribution in [0.1, 0.15) is 41.0 Å². The Bertz CT molecular complexity index is 1000. The van der Waals surface area contributed by atoms with Crippen molar-refractivity contribution in [1.82, 2.24) is 14.8 Å². The van der Waals surface area contributed by atoms with Crippen LogP contribution in [0.3, 0.4) is 0 Å². The van der Waals surface area contributed by atoms with Crippen molar-refractivity contribution in [3.05, 3.63) is 70.5 Å². The molecule has 2 aromatic carbocycles. The first-order valence-corrected chi connectivity index (χ1v) is 10.5. The summed E-state index contributed by atoms with van der Waals surface area (Å²) in [5.41, 5.74) is 2.57. The third-order valence-electron chi connectivity index (χ3n) is 4.81. The first-order chi connectivity index (χ1) is 13.5. The molecular formula is C21H21ClN4OS. The zero-order valence-electron chi connectivity index (χ0n) is 15.7. The molecule has 0 saturated heterocycles. The van der Waals surface area contributed by atoms with Gasteiger partial charge in [-0.15, -0.1) is 10.2 Å². The van der Waals surface area contributed by atoms with Crippen LogP contribution in [-0.4, -0.2) is 20.7 Å². The van der Waals surface area contributed by atoms with Gasteiger partial charge in [-0.05, 0) is 43.0 Å². The predicted octanol–water partition coefficient (Wildman–Crippen LogP) is 5.13. The largest absolute Gasteiger partial charge is 0.325 e. The molecule has 1 amide bonds. The number of halogens is 1. The summed E-state index contributed by atoms with van der Waals surface area (Å²) in [6.07, 6.45) is 2.32. The molecule has 1 atom stereocenters. The minimum Gasteiger partial charge on any atom is -0.325 e. The van der Waals surface area contributed by atoms with Crippen molar-refractivity contribution in [3.8, 4) is 0 Å². The van der Waals surface area contributed by atoms with Gasteiger partial charge in [0.05, 0.1) is 0 Å². The number of rotatable bonds is 6. The summed E-state index contributed by atoms with van der Waals surface area (Å²) >= 11 is 7.62. The molecule has 1 aromatic heterocycles. The van der Waals surface area contributed by atoms with Gasteiger partial charge in [-0.3, -0.25) is 4.79 Å². The van der Waals surface area contributed by atoms with Crippen molar-refractivity contribution >= 4 is 35.0 Å². The fourth-order valence-electron chi connectivity index (χ4n) is 3.01. The van der Waals surface area contributed by atoms with E-state index in [0.29, 0.717) is 16.6 Å². The van der Waals surface area contributed by atoms with Gasteiger partial charge < -0.3 is 9.88 Å². The number of nitrogens with zero attached hydrogens (tertiary/aromatic N) is 3. The fourth-order valence-corrected chi connectivity index (χ4v) is 4.20. The number of benzene rings is 2. The SMILES string of the molecule is Cc1ccc(NC(=O)[C@H](Sc2nnc(C3CC3)n2C)c2ccccc2)cc1Cl. The quantitative estimate of drug-likeness (QED) is 0.570. The Morgan fingerprint density at radius 2 is 1.96 bits per heavy atom. The van der Waals surface area contributed by atoms with Crippen molar-refractivity contribution in [1.29, 1.82) is 0 Å². The normalized spacial score (nSPS) is 14.7. The molecule has 0 unspecified atom stereocenters. The first-order valence-electron chi connectivity index (χ1n) is 9.21. The molecule has 0 aliphatic heterocycles. The molecule has 5 nitrogen and oxygen atoms in total. The molecule has 1 saturated carbocycles. The molecule has 7 heteroatoms. The highest BCUT2D eigenvalue weighted by Gasteiger charge is 2.31. The fraction of sp³-hybridized carbons (Fsp3) is 0.286. The summed E-state index contributed by atoms with van der Waals surface area (Å²) < 4.78 is 2.01. The number of hydrogen-bond acceptors (Lipinski definition) is 4. The monoisotopic (exact) mass is 412 g/mol. The van der Waals surface area contributed by atoms with E-state index in [0.717, 1.165) is 34.9 Å². The molecule has 144 valence electrons. The van der Waals surface area contributed by atoms with Crippen LogP contribution in [0.5, 0.6) is 0 Å². The van der Waals surface area contributed by atoms with E-state index < -0.39 is 5.25 Å². The van der Waals surface area contributed by atoms with Gasteiger partial charge in [0.1, 0.15) is 11.1 Å². The van der Waals surface area contributed by atoms with E-state index in [1.807, 2.05) is 61.0 Å². The number of hydrogen-bond donors (Lipinski definition) is 1. The second-order valence-electron chi connectivity index (χ2n) is 7.04. The molecule has 28 heavy (non-hydrogen) atoms. The van der Waals surface area contributed by atoms with Crippen LogP contribution in [0.15, 0.2) is 53.7 Å². The molecule has 4 rings (SSSR count). The summed E-state index contributed by atoms with van der Waals surface area (Å²) in [6, 6.07) is 15.3. The Labute approximate surface area is 173 Å². The molecule has 0 radical (unpaired) electrons. The van der Waals surface area contributed by atoms with E-state index in [2.05, 4.69) is 15.5 Å². The third-order valence-corrected chi connectivity index (χ3v) is 6.51. The van der Waals surface area contributed by atoms with Crippen LogP contribution in [0.25, 0.3) is 0 Å². The summed E-state index contributed by atoms with van der Waals surface area (Å²) in [5.74, 6) is 1.39.